The van der Waals surface area contributed by atoms with Gasteiger partial charge in [-0.3, -0.25) is 37.3 Å². The summed E-state index contributed by atoms with van der Waals surface area (Å²) in [5.41, 5.74) is 0. The molecule has 96 heavy (non-hydrogen) atoms. The second-order valence-electron chi connectivity index (χ2n) is 25.6. The van der Waals surface area contributed by atoms with Crippen LogP contribution in [0.15, 0.2) is 72.9 Å². The number of hydrogen-bond acceptors (Lipinski definition) is 15. The van der Waals surface area contributed by atoms with E-state index in [0.717, 1.165) is 141 Å². The fourth-order valence-corrected chi connectivity index (χ4v) is 11.9. The average molecular weight is 1400 g/mol. The lowest BCUT2D eigenvalue weighted by Gasteiger charge is -2.21. The molecule has 0 radical (unpaired) electrons. The normalized spacial score (nSPS) is 14.4. The highest BCUT2D eigenvalue weighted by molar-refractivity contribution is 7.47. The molecule has 5 atom stereocenters. The van der Waals surface area contributed by atoms with E-state index >= 15 is 0 Å². The van der Waals surface area contributed by atoms with Crippen LogP contribution in [0, 0.1) is 0 Å². The molecule has 0 aromatic rings. The molecule has 19 heteroatoms. The summed E-state index contributed by atoms with van der Waals surface area (Å²) in [5, 5.41) is 10.6. The second-order valence-corrected chi connectivity index (χ2v) is 28.5. The molecule has 17 nitrogen and oxygen atoms in total. The van der Waals surface area contributed by atoms with E-state index in [1.165, 1.54) is 116 Å². The summed E-state index contributed by atoms with van der Waals surface area (Å²) in [5.74, 6) is -2.19. The molecule has 0 fully saturated rings. The molecule has 5 unspecified atom stereocenters. The van der Waals surface area contributed by atoms with Crippen LogP contribution < -0.4 is 0 Å². The van der Waals surface area contributed by atoms with E-state index < -0.39 is 97.5 Å². The Morgan fingerprint density at radius 2 is 0.542 bits per heavy atom. The van der Waals surface area contributed by atoms with Crippen molar-refractivity contribution in [1.29, 1.82) is 0 Å². The number of esters is 4. The molecule has 0 aromatic carbocycles. The molecule has 558 valence electrons. The number of allylic oxidation sites excluding steroid dienone is 12. The number of rotatable bonds is 72. The Bertz CT molecular complexity index is 2110. The number of aliphatic hydroxyl groups excluding tert-OH is 1. The minimum absolute atomic E-state index is 0.0922. The summed E-state index contributed by atoms with van der Waals surface area (Å²) in [7, 11) is -9.94. The monoisotopic (exact) mass is 1400 g/mol. The van der Waals surface area contributed by atoms with Gasteiger partial charge in [0.2, 0.25) is 0 Å². The minimum atomic E-state index is -4.97. The first kappa shape index (κ1) is 92.5. The second kappa shape index (κ2) is 70.0. The van der Waals surface area contributed by atoms with Crippen molar-refractivity contribution in [2.24, 2.45) is 0 Å². The smallest absolute Gasteiger partial charge is 0.462 e. The van der Waals surface area contributed by atoms with Gasteiger partial charge in [0.05, 0.1) is 26.4 Å². The molecule has 0 aromatic heterocycles. The number of phosphoric acid groups is 2. The van der Waals surface area contributed by atoms with Crippen LogP contribution in [-0.4, -0.2) is 96.7 Å². The van der Waals surface area contributed by atoms with Crippen LogP contribution in [0.2, 0.25) is 0 Å². The highest BCUT2D eigenvalue weighted by Crippen LogP contribution is 2.45. The van der Waals surface area contributed by atoms with Crippen molar-refractivity contribution < 1.29 is 80.2 Å². The predicted octanol–water partition coefficient (Wildman–Crippen LogP) is 21.7. The zero-order chi connectivity index (χ0) is 70.4. The zero-order valence-corrected chi connectivity index (χ0v) is 62.6. The fourth-order valence-electron chi connectivity index (χ4n) is 10.4. The van der Waals surface area contributed by atoms with Crippen LogP contribution in [0.25, 0.3) is 0 Å². The van der Waals surface area contributed by atoms with Gasteiger partial charge in [-0.2, -0.15) is 0 Å². The largest absolute Gasteiger partial charge is 0.472 e. The third-order valence-corrected chi connectivity index (χ3v) is 18.1. The van der Waals surface area contributed by atoms with E-state index in [4.69, 9.17) is 37.0 Å². The third kappa shape index (κ3) is 69.0. The molecule has 0 amide bonds. The van der Waals surface area contributed by atoms with Crippen LogP contribution in [0.4, 0.5) is 0 Å². The summed E-state index contributed by atoms with van der Waals surface area (Å²) in [4.78, 5) is 72.7. The fraction of sp³-hybridized carbons (Fsp3) is 0.792. The highest BCUT2D eigenvalue weighted by Gasteiger charge is 2.30. The molecule has 0 rings (SSSR count). The maximum Gasteiger partial charge on any atom is 0.472 e. The van der Waals surface area contributed by atoms with Gasteiger partial charge in [0.1, 0.15) is 19.3 Å². The van der Waals surface area contributed by atoms with E-state index in [9.17, 15) is 43.2 Å². The van der Waals surface area contributed by atoms with E-state index in [0.29, 0.717) is 25.7 Å². The molecule has 0 aliphatic carbocycles. The van der Waals surface area contributed by atoms with Gasteiger partial charge in [0, 0.05) is 25.7 Å². The number of aliphatic hydroxyl groups is 1. The van der Waals surface area contributed by atoms with Crippen molar-refractivity contribution in [3.8, 4) is 0 Å². The number of phosphoric ester groups is 2. The number of carbonyl (C=O) groups is 4. The van der Waals surface area contributed by atoms with Crippen molar-refractivity contribution >= 4 is 39.5 Å². The standard InChI is InChI=1S/C77H138O17P2/c1-5-9-13-17-21-25-29-32-33-34-35-36-37-40-43-46-50-54-58-62-75(80)88-68-73(94-77(82)64-60-56-52-48-44-39-31-27-23-19-15-11-7-3)70-92-96(85,86)90-66-71(78)65-89-95(83,84)91-69-72(93-76(81)63-59-55-51-47-41-28-24-20-16-12-8-4)67-87-74(79)61-57-53-49-45-42-38-30-26-22-18-14-10-6-2/h9,13,21,25-26,30,32-33,35-36,40,43,71-73,78H,5-8,10-12,14-20,22-24,27-29,31,34,37-39,41-42,44-70H2,1-4H3,(H,83,84)(H,85,86)/b13-9-,25-21-,30-26-,33-32-,36-35-,43-40-. The first-order valence-corrected chi connectivity index (χ1v) is 41.2. The van der Waals surface area contributed by atoms with E-state index in [1.807, 2.05) is 0 Å². The van der Waals surface area contributed by atoms with E-state index in [-0.39, 0.29) is 25.7 Å². The van der Waals surface area contributed by atoms with E-state index in [2.05, 4.69) is 101 Å². The predicted molar refractivity (Wildman–Crippen MR) is 390 cm³/mol. The molecule has 0 spiro atoms. The van der Waals surface area contributed by atoms with Gasteiger partial charge in [0.25, 0.3) is 0 Å². The van der Waals surface area contributed by atoms with Gasteiger partial charge in [-0.05, 0) is 96.3 Å². The molecule has 0 aliphatic rings. The Balaban J connectivity index is 5.32. The van der Waals surface area contributed by atoms with Crippen molar-refractivity contribution in [3.63, 3.8) is 0 Å². The van der Waals surface area contributed by atoms with Gasteiger partial charge in [-0.1, -0.05) is 287 Å². The maximum atomic E-state index is 13.1. The third-order valence-electron chi connectivity index (χ3n) is 16.2. The Kier molecular flexibility index (Phi) is 67.4. The van der Waals surface area contributed by atoms with Crippen molar-refractivity contribution in [2.45, 2.75) is 354 Å². The molecule has 0 heterocycles. The summed E-state index contributed by atoms with van der Waals surface area (Å²) in [6, 6.07) is 0. The van der Waals surface area contributed by atoms with Gasteiger partial charge >= 0.3 is 39.5 Å². The summed E-state index contributed by atoms with van der Waals surface area (Å²) in [6.07, 6.45) is 69.0. The average Bonchev–Trinajstić information content (AvgIpc) is 1.17. The Morgan fingerprint density at radius 1 is 0.302 bits per heavy atom. The molecule has 0 saturated heterocycles. The first-order valence-electron chi connectivity index (χ1n) is 38.2. The molecule has 0 aliphatic heterocycles. The number of unbranched alkanes of at least 4 members (excludes halogenated alkanes) is 34. The van der Waals surface area contributed by atoms with Crippen molar-refractivity contribution in [3.05, 3.63) is 72.9 Å². The van der Waals surface area contributed by atoms with Crippen LogP contribution in [-0.2, 0) is 65.4 Å². The van der Waals surface area contributed by atoms with Crippen LogP contribution in [0.3, 0.4) is 0 Å². The lowest BCUT2D eigenvalue weighted by Crippen LogP contribution is -2.30. The first-order chi connectivity index (χ1) is 46.7. The summed E-state index contributed by atoms with van der Waals surface area (Å²) < 4.78 is 68.4. The Hall–Kier alpha value is -3.50. The molecule has 3 N–H and O–H groups in total. The minimum Gasteiger partial charge on any atom is -0.462 e. The zero-order valence-electron chi connectivity index (χ0n) is 60.8. The van der Waals surface area contributed by atoms with Gasteiger partial charge in [-0.15, -0.1) is 0 Å². The van der Waals surface area contributed by atoms with Crippen LogP contribution in [0.1, 0.15) is 336 Å². The lowest BCUT2D eigenvalue weighted by atomic mass is 10.0. The molecule has 0 bridgehead atoms. The molecule has 0 saturated carbocycles. The van der Waals surface area contributed by atoms with Crippen molar-refractivity contribution in [1.82, 2.24) is 0 Å². The van der Waals surface area contributed by atoms with Crippen molar-refractivity contribution in [2.75, 3.05) is 39.6 Å². The van der Waals surface area contributed by atoms with Gasteiger partial charge in [0.15, 0.2) is 12.2 Å². The number of hydrogen-bond donors (Lipinski definition) is 3. The summed E-state index contributed by atoms with van der Waals surface area (Å²) in [6.45, 7) is 4.73. The van der Waals surface area contributed by atoms with Gasteiger partial charge < -0.3 is 33.8 Å². The molecular weight excluding hydrogens is 1260 g/mol. The lowest BCUT2D eigenvalue weighted by molar-refractivity contribution is -0.161. The Morgan fingerprint density at radius 3 is 0.865 bits per heavy atom. The summed E-state index contributed by atoms with van der Waals surface area (Å²) >= 11 is 0. The quantitative estimate of drug-likeness (QED) is 0.0169. The highest BCUT2D eigenvalue weighted by atomic mass is 31.2. The molecular formula is C77H138O17P2. The maximum absolute atomic E-state index is 13.1. The number of ether oxygens (including phenoxy) is 4. The van der Waals surface area contributed by atoms with Gasteiger partial charge in [-0.25, -0.2) is 9.13 Å². The van der Waals surface area contributed by atoms with Crippen LogP contribution in [0.5, 0.6) is 0 Å². The SMILES string of the molecule is CC/C=C\C/C=C\C/C=C\C/C=C\C/C=C\CCCCCC(=O)OCC(COP(=O)(O)OCC(O)COP(=O)(O)OCC(COC(=O)CCCCCCC/C=C\CCCCCC)OC(=O)CCCCCCCCCCCCC)OC(=O)CCCCCCCCCCCCCCC. The van der Waals surface area contributed by atoms with E-state index in [1.54, 1.807) is 0 Å². The topological polar surface area (TPSA) is 237 Å². The Labute approximate surface area is 583 Å². The number of carbonyl (C=O) groups excluding carboxylic acids is 4. The van der Waals surface area contributed by atoms with Crippen LogP contribution >= 0.6 is 15.6 Å².